The lowest BCUT2D eigenvalue weighted by molar-refractivity contribution is 0.926. The summed E-state index contributed by atoms with van der Waals surface area (Å²) in [4.78, 5) is 0. The predicted molar refractivity (Wildman–Crippen MR) is 101 cm³/mol. The Bertz CT molecular complexity index is 853. The SMILES string of the molecule is CC.Cc1ccc2cc(C)nn2c1.Cc1ccn2nc(C)cc2c1. The van der Waals surface area contributed by atoms with Crippen molar-refractivity contribution in [2.24, 2.45) is 0 Å². The molecule has 0 saturated carbocycles. The number of nitrogens with zero attached hydrogens (tertiary/aromatic N) is 4. The van der Waals surface area contributed by atoms with E-state index >= 15 is 0 Å². The van der Waals surface area contributed by atoms with Crippen molar-refractivity contribution in [3.8, 4) is 0 Å². The van der Waals surface area contributed by atoms with E-state index in [0.717, 1.165) is 16.9 Å². The molecule has 0 fully saturated rings. The molecular weight excluding hydrogens is 296 g/mol. The van der Waals surface area contributed by atoms with Crippen LogP contribution in [0.15, 0.2) is 48.8 Å². The lowest BCUT2D eigenvalue weighted by Crippen LogP contribution is -1.86. The van der Waals surface area contributed by atoms with Crippen LogP contribution in [0.2, 0.25) is 0 Å². The quantitative estimate of drug-likeness (QED) is 0.460. The Morgan fingerprint density at radius 2 is 1.29 bits per heavy atom. The van der Waals surface area contributed by atoms with Crippen LogP contribution < -0.4 is 0 Å². The van der Waals surface area contributed by atoms with Crippen LogP contribution in [0.3, 0.4) is 0 Å². The van der Waals surface area contributed by atoms with E-state index in [4.69, 9.17) is 0 Å². The van der Waals surface area contributed by atoms with Gasteiger partial charge in [0.05, 0.1) is 22.4 Å². The van der Waals surface area contributed by atoms with Gasteiger partial charge in [-0.1, -0.05) is 19.9 Å². The van der Waals surface area contributed by atoms with Crippen LogP contribution in [-0.2, 0) is 0 Å². The first-order valence-electron chi connectivity index (χ1n) is 8.36. The van der Waals surface area contributed by atoms with Crippen LogP contribution in [0.25, 0.3) is 11.0 Å². The summed E-state index contributed by atoms with van der Waals surface area (Å²) in [5.74, 6) is 0. The van der Waals surface area contributed by atoms with Gasteiger partial charge < -0.3 is 0 Å². The highest BCUT2D eigenvalue weighted by Gasteiger charge is 1.96. The number of aryl methyl sites for hydroxylation is 4. The van der Waals surface area contributed by atoms with Gasteiger partial charge in [-0.3, -0.25) is 0 Å². The monoisotopic (exact) mass is 322 g/mol. The Hall–Kier alpha value is -2.62. The summed E-state index contributed by atoms with van der Waals surface area (Å²) in [6.07, 6.45) is 4.01. The molecule has 0 amide bonds. The second kappa shape index (κ2) is 7.77. The molecule has 0 aliphatic heterocycles. The minimum Gasteiger partial charge on any atom is -0.241 e. The van der Waals surface area contributed by atoms with Crippen molar-refractivity contribution in [3.63, 3.8) is 0 Å². The van der Waals surface area contributed by atoms with Crippen LogP contribution in [-0.4, -0.2) is 19.2 Å². The molecule has 4 aromatic heterocycles. The van der Waals surface area contributed by atoms with E-state index in [1.807, 2.05) is 49.1 Å². The molecule has 0 aliphatic carbocycles. The average molecular weight is 322 g/mol. The van der Waals surface area contributed by atoms with Gasteiger partial charge in [-0.25, -0.2) is 9.03 Å². The molecule has 24 heavy (non-hydrogen) atoms. The third kappa shape index (κ3) is 4.22. The fourth-order valence-corrected chi connectivity index (χ4v) is 2.45. The van der Waals surface area contributed by atoms with Crippen molar-refractivity contribution in [2.75, 3.05) is 0 Å². The minimum atomic E-state index is 1.07. The topological polar surface area (TPSA) is 34.6 Å². The summed E-state index contributed by atoms with van der Waals surface area (Å²) < 4.78 is 3.80. The van der Waals surface area contributed by atoms with Crippen molar-refractivity contribution in [3.05, 3.63) is 71.3 Å². The fraction of sp³-hybridized carbons (Fsp3) is 0.300. The highest BCUT2D eigenvalue weighted by Crippen LogP contribution is 2.07. The molecule has 4 heterocycles. The maximum absolute atomic E-state index is 4.29. The molecule has 0 radical (unpaired) electrons. The molecular formula is C20H26N4. The van der Waals surface area contributed by atoms with Crippen molar-refractivity contribution < 1.29 is 0 Å². The number of fused-ring (bicyclic) bond motifs is 2. The number of aromatic nitrogens is 4. The second-order valence-electron chi connectivity index (χ2n) is 5.72. The molecule has 0 saturated heterocycles. The first-order chi connectivity index (χ1) is 11.5. The zero-order valence-corrected chi connectivity index (χ0v) is 15.4. The van der Waals surface area contributed by atoms with Gasteiger partial charge in [0.15, 0.2) is 0 Å². The molecule has 0 aromatic carbocycles. The fourth-order valence-electron chi connectivity index (χ4n) is 2.45. The molecule has 0 unspecified atom stereocenters. The highest BCUT2D eigenvalue weighted by molar-refractivity contribution is 5.49. The summed E-state index contributed by atoms with van der Waals surface area (Å²) in [5, 5.41) is 8.56. The molecule has 0 N–H and O–H groups in total. The summed E-state index contributed by atoms with van der Waals surface area (Å²) >= 11 is 0. The van der Waals surface area contributed by atoms with Gasteiger partial charge in [0.25, 0.3) is 0 Å². The number of hydrogen-bond acceptors (Lipinski definition) is 2. The van der Waals surface area contributed by atoms with Gasteiger partial charge in [0, 0.05) is 12.4 Å². The lowest BCUT2D eigenvalue weighted by atomic mass is 10.3. The molecule has 4 aromatic rings. The van der Waals surface area contributed by atoms with E-state index in [1.54, 1.807) is 0 Å². The molecule has 4 heteroatoms. The van der Waals surface area contributed by atoms with Gasteiger partial charge in [0.1, 0.15) is 0 Å². The Morgan fingerprint density at radius 1 is 0.667 bits per heavy atom. The average Bonchev–Trinajstić information content (AvgIpc) is 3.09. The summed E-state index contributed by atoms with van der Waals surface area (Å²) in [5.41, 5.74) is 6.97. The summed E-state index contributed by atoms with van der Waals surface area (Å²) in [6, 6.07) is 12.5. The number of rotatable bonds is 0. The zero-order valence-electron chi connectivity index (χ0n) is 15.4. The maximum Gasteiger partial charge on any atom is 0.0666 e. The van der Waals surface area contributed by atoms with Gasteiger partial charge in [-0.15, -0.1) is 0 Å². The number of hydrogen-bond donors (Lipinski definition) is 0. The molecule has 0 spiro atoms. The van der Waals surface area contributed by atoms with Gasteiger partial charge in [-0.05, 0) is 69.2 Å². The first-order valence-corrected chi connectivity index (χ1v) is 8.36. The van der Waals surface area contributed by atoms with Gasteiger partial charge in [-0.2, -0.15) is 10.2 Å². The summed E-state index contributed by atoms with van der Waals surface area (Å²) in [6.45, 7) is 12.2. The van der Waals surface area contributed by atoms with E-state index in [1.165, 1.54) is 16.6 Å². The predicted octanol–water partition coefficient (Wildman–Crippen LogP) is 4.93. The standard InChI is InChI=1S/2C9H10N2.C2H6/c1-7-3-4-9-5-8(2)10-11(9)6-7;1-7-3-4-11-9(5-7)6-8(2)10-11;1-2/h2*3-6H,1-2H3;1-2H3. The third-order valence-electron chi connectivity index (χ3n) is 3.47. The van der Waals surface area contributed by atoms with Crippen molar-refractivity contribution in [1.82, 2.24) is 19.2 Å². The molecule has 126 valence electrons. The molecule has 0 bridgehead atoms. The Balaban J connectivity index is 0.000000158. The van der Waals surface area contributed by atoms with Gasteiger partial charge >= 0.3 is 0 Å². The third-order valence-corrected chi connectivity index (χ3v) is 3.47. The van der Waals surface area contributed by atoms with Crippen molar-refractivity contribution in [1.29, 1.82) is 0 Å². The smallest absolute Gasteiger partial charge is 0.0666 e. The highest BCUT2D eigenvalue weighted by atomic mass is 15.2. The molecule has 4 nitrogen and oxygen atoms in total. The van der Waals surface area contributed by atoms with Gasteiger partial charge in [0.2, 0.25) is 0 Å². The van der Waals surface area contributed by atoms with Crippen LogP contribution in [0.4, 0.5) is 0 Å². The molecule has 0 aliphatic rings. The maximum atomic E-state index is 4.29. The first kappa shape index (κ1) is 17.7. The largest absolute Gasteiger partial charge is 0.241 e. The second-order valence-corrected chi connectivity index (χ2v) is 5.72. The normalized spacial score (nSPS) is 10.1. The lowest BCUT2D eigenvalue weighted by Gasteiger charge is -1.92. The van der Waals surface area contributed by atoms with E-state index in [9.17, 15) is 0 Å². The Labute approximate surface area is 143 Å². The Kier molecular flexibility index (Phi) is 5.74. The van der Waals surface area contributed by atoms with Crippen LogP contribution >= 0.6 is 0 Å². The van der Waals surface area contributed by atoms with Crippen LogP contribution in [0.1, 0.15) is 36.4 Å². The van der Waals surface area contributed by atoms with E-state index in [0.29, 0.717) is 0 Å². The van der Waals surface area contributed by atoms with Crippen molar-refractivity contribution in [2.45, 2.75) is 41.5 Å². The molecule has 0 atom stereocenters. The summed E-state index contributed by atoms with van der Waals surface area (Å²) in [7, 11) is 0. The van der Waals surface area contributed by atoms with E-state index in [2.05, 4.69) is 60.4 Å². The van der Waals surface area contributed by atoms with Crippen LogP contribution in [0, 0.1) is 27.7 Å². The minimum absolute atomic E-state index is 1.07. The Morgan fingerprint density at radius 3 is 2.00 bits per heavy atom. The van der Waals surface area contributed by atoms with Crippen molar-refractivity contribution >= 4 is 11.0 Å². The zero-order chi connectivity index (χ0) is 17.7. The van der Waals surface area contributed by atoms with E-state index in [-0.39, 0.29) is 0 Å². The van der Waals surface area contributed by atoms with Crippen LogP contribution in [0.5, 0.6) is 0 Å². The molecule has 4 rings (SSSR count). The van der Waals surface area contributed by atoms with E-state index < -0.39 is 0 Å². The number of pyridine rings is 2.